The molecule has 1 amide bonds. The van der Waals surface area contributed by atoms with Crippen LogP contribution >= 0.6 is 11.8 Å². The molecule has 0 aliphatic carbocycles. The molecule has 7 nitrogen and oxygen atoms in total. The van der Waals surface area contributed by atoms with Crippen LogP contribution in [0.25, 0.3) is 0 Å². The van der Waals surface area contributed by atoms with Crippen LogP contribution in [-0.2, 0) is 17.6 Å². The van der Waals surface area contributed by atoms with Gasteiger partial charge in [0.25, 0.3) is 0 Å². The zero-order valence-electron chi connectivity index (χ0n) is 24.1. The van der Waals surface area contributed by atoms with Gasteiger partial charge in [-0.2, -0.15) is 11.8 Å². The van der Waals surface area contributed by atoms with E-state index in [9.17, 15) is 4.79 Å². The summed E-state index contributed by atoms with van der Waals surface area (Å²) in [5.74, 6) is 3.65. The van der Waals surface area contributed by atoms with E-state index in [2.05, 4.69) is 28.4 Å². The average molecular weight is 565 g/mol. The van der Waals surface area contributed by atoms with E-state index in [1.165, 1.54) is 5.56 Å². The largest absolute Gasteiger partial charge is 0.493 e. The van der Waals surface area contributed by atoms with Gasteiger partial charge in [0.1, 0.15) is 6.04 Å². The number of carbonyl (C=O) groups excluding carboxylic acids is 1. The highest BCUT2D eigenvalue weighted by molar-refractivity contribution is 7.98. The van der Waals surface area contributed by atoms with E-state index in [4.69, 9.17) is 18.9 Å². The van der Waals surface area contributed by atoms with Crippen molar-refractivity contribution in [1.82, 2.24) is 10.2 Å². The van der Waals surface area contributed by atoms with Crippen molar-refractivity contribution in [1.29, 1.82) is 0 Å². The monoisotopic (exact) mass is 564 g/mol. The van der Waals surface area contributed by atoms with Gasteiger partial charge in [0.05, 0.1) is 28.4 Å². The third-order valence-corrected chi connectivity index (χ3v) is 8.06. The van der Waals surface area contributed by atoms with Gasteiger partial charge in [0.15, 0.2) is 23.0 Å². The molecule has 2 unspecified atom stereocenters. The number of thioether (sulfide) groups is 1. The number of hydrogen-bond acceptors (Lipinski definition) is 7. The molecule has 3 aromatic rings. The van der Waals surface area contributed by atoms with Crippen LogP contribution < -0.4 is 24.3 Å². The van der Waals surface area contributed by atoms with Gasteiger partial charge < -0.3 is 24.3 Å². The van der Waals surface area contributed by atoms with Gasteiger partial charge in [-0.05, 0) is 72.0 Å². The normalized spacial score (nSPS) is 15.9. The van der Waals surface area contributed by atoms with E-state index < -0.39 is 6.04 Å². The predicted octanol–water partition coefficient (Wildman–Crippen LogP) is 5.47. The van der Waals surface area contributed by atoms with Crippen LogP contribution in [0.1, 0.15) is 40.8 Å². The molecule has 8 heteroatoms. The molecule has 0 aromatic heterocycles. The van der Waals surface area contributed by atoms with Gasteiger partial charge in [-0.15, -0.1) is 0 Å². The molecule has 4 rings (SSSR count). The molecule has 0 saturated heterocycles. The molecule has 40 heavy (non-hydrogen) atoms. The highest BCUT2D eigenvalue weighted by Crippen LogP contribution is 2.42. The molecule has 1 aliphatic rings. The maximum Gasteiger partial charge on any atom is 0.242 e. The lowest BCUT2D eigenvalue weighted by molar-refractivity contribution is -0.127. The Balaban J connectivity index is 1.85. The van der Waals surface area contributed by atoms with Crippen molar-refractivity contribution in [3.8, 4) is 23.0 Å². The first-order valence-corrected chi connectivity index (χ1v) is 15.0. The number of rotatable bonds is 12. The second kappa shape index (κ2) is 14.3. The second-order valence-corrected chi connectivity index (χ2v) is 10.7. The fourth-order valence-corrected chi connectivity index (χ4v) is 5.83. The second-order valence-electron chi connectivity index (χ2n) is 9.75. The summed E-state index contributed by atoms with van der Waals surface area (Å²) in [6, 6.07) is 19.7. The van der Waals surface area contributed by atoms with E-state index in [0.29, 0.717) is 36.0 Å². The van der Waals surface area contributed by atoms with Crippen LogP contribution in [0, 0.1) is 0 Å². The Bertz CT molecular complexity index is 1270. The van der Waals surface area contributed by atoms with E-state index in [0.717, 1.165) is 41.8 Å². The maximum atomic E-state index is 13.9. The average Bonchev–Trinajstić information content (AvgIpc) is 3.15. The van der Waals surface area contributed by atoms with E-state index in [1.54, 1.807) is 40.2 Å². The van der Waals surface area contributed by atoms with Gasteiger partial charge in [-0.3, -0.25) is 9.69 Å². The molecule has 0 radical (unpaired) electrons. The summed E-state index contributed by atoms with van der Waals surface area (Å²) in [7, 11) is 6.61. The smallest absolute Gasteiger partial charge is 0.242 e. The Morgan fingerprint density at radius 1 is 0.925 bits per heavy atom. The summed E-state index contributed by atoms with van der Waals surface area (Å²) in [6.07, 6.45) is 4.51. The first kappa shape index (κ1) is 29.6. The lowest BCUT2D eigenvalue weighted by atomic mass is 9.91. The van der Waals surface area contributed by atoms with Gasteiger partial charge in [0, 0.05) is 24.9 Å². The third kappa shape index (κ3) is 6.67. The summed E-state index contributed by atoms with van der Waals surface area (Å²) in [6.45, 7) is 1.38. The molecule has 214 valence electrons. The molecule has 1 heterocycles. The van der Waals surface area contributed by atoms with Crippen molar-refractivity contribution in [2.24, 2.45) is 0 Å². The van der Waals surface area contributed by atoms with Crippen LogP contribution in [0.15, 0.2) is 60.7 Å². The minimum Gasteiger partial charge on any atom is -0.493 e. The Kier molecular flexibility index (Phi) is 10.6. The van der Waals surface area contributed by atoms with E-state index in [1.807, 2.05) is 48.7 Å². The number of amides is 1. The first-order chi connectivity index (χ1) is 19.5. The summed E-state index contributed by atoms with van der Waals surface area (Å²) >= 11 is 1.72. The minimum absolute atomic E-state index is 0.0153. The highest BCUT2D eigenvalue weighted by Gasteiger charge is 2.36. The predicted molar refractivity (Wildman–Crippen MR) is 161 cm³/mol. The molecule has 0 spiro atoms. The van der Waals surface area contributed by atoms with Crippen LogP contribution in [0.2, 0.25) is 0 Å². The Morgan fingerprint density at radius 2 is 1.60 bits per heavy atom. The van der Waals surface area contributed by atoms with Crippen LogP contribution in [-0.4, -0.2) is 64.3 Å². The van der Waals surface area contributed by atoms with Crippen molar-refractivity contribution >= 4 is 17.7 Å². The summed E-state index contributed by atoms with van der Waals surface area (Å²) in [5, 5.41) is 3.20. The lowest BCUT2D eigenvalue weighted by Crippen LogP contribution is -2.43. The van der Waals surface area contributed by atoms with Gasteiger partial charge in [-0.1, -0.05) is 36.4 Å². The number of carbonyl (C=O) groups is 1. The molecule has 3 aromatic carbocycles. The summed E-state index contributed by atoms with van der Waals surface area (Å²) in [5.41, 5.74) is 4.42. The lowest BCUT2D eigenvalue weighted by Gasteiger charge is -2.37. The Hall–Kier alpha value is -3.36. The molecular weight excluding hydrogens is 524 g/mol. The minimum atomic E-state index is -0.452. The van der Waals surface area contributed by atoms with Crippen molar-refractivity contribution in [2.75, 3.05) is 53.5 Å². The molecule has 0 bridgehead atoms. The number of nitrogens with one attached hydrogen (secondary N) is 1. The number of ether oxygens (including phenoxy) is 4. The number of fused-ring (bicyclic) bond motifs is 1. The molecule has 2 atom stereocenters. The highest BCUT2D eigenvalue weighted by atomic mass is 32.2. The van der Waals surface area contributed by atoms with Crippen LogP contribution in [0.5, 0.6) is 23.0 Å². The number of methoxy groups -OCH3 is 4. The SMILES string of the molecule is COc1ccc(CC2c3cc(OC)c(OC)cc3CCCN2C(C(=O)NCCSC)c2ccccc2)cc1OC. The standard InChI is InChI=1S/C32H40N2O5S/c1-36-27-14-13-22(19-28(27)37-2)18-26-25-21-30(39-4)29(38-3)20-24(25)12-9-16-34(26)31(23-10-7-6-8-11-23)32(35)33-15-17-40-5/h6-8,10-11,13-14,19-21,26,31H,9,12,15-18H2,1-5H3,(H,33,35). The molecule has 0 fully saturated rings. The quantitative estimate of drug-likeness (QED) is 0.293. The Labute approximate surface area is 242 Å². The van der Waals surface area contributed by atoms with Crippen LogP contribution in [0.4, 0.5) is 0 Å². The molecule has 0 saturated carbocycles. The number of nitrogens with zero attached hydrogens (tertiary/aromatic N) is 1. The third-order valence-electron chi connectivity index (χ3n) is 7.44. The van der Waals surface area contributed by atoms with E-state index >= 15 is 0 Å². The van der Waals surface area contributed by atoms with Crippen molar-refractivity contribution in [3.05, 3.63) is 82.9 Å². The summed E-state index contributed by atoms with van der Waals surface area (Å²) in [4.78, 5) is 16.3. The Morgan fingerprint density at radius 3 is 2.27 bits per heavy atom. The number of hydrogen-bond donors (Lipinski definition) is 1. The van der Waals surface area contributed by atoms with Crippen LogP contribution in [0.3, 0.4) is 0 Å². The fourth-order valence-electron chi connectivity index (χ4n) is 5.52. The first-order valence-electron chi connectivity index (χ1n) is 13.6. The van der Waals surface area contributed by atoms with Gasteiger partial charge in [0.2, 0.25) is 5.91 Å². The zero-order chi connectivity index (χ0) is 28.5. The fraction of sp³-hybridized carbons (Fsp3) is 0.406. The van der Waals surface area contributed by atoms with Crippen molar-refractivity contribution in [3.63, 3.8) is 0 Å². The van der Waals surface area contributed by atoms with Crippen molar-refractivity contribution < 1.29 is 23.7 Å². The number of aryl methyl sites for hydroxylation is 1. The summed E-state index contributed by atoms with van der Waals surface area (Å²) < 4.78 is 22.5. The topological polar surface area (TPSA) is 69.3 Å². The van der Waals surface area contributed by atoms with Gasteiger partial charge in [-0.25, -0.2) is 0 Å². The van der Waals surface area contributed by atoms with E-state index in [-0.39, 0.29) is 11.9 Å². The number of benzene rings is 3. The molecular formula is C32H40N2O5S. The molecule has 1 aliphatic heterocycles. The maximum absolute atomic E-state index is 13.9. The zero-order valence-corrected chi connectivity index (χ0v) is 24.9. The van der Waals surface area contributed by atoms with Gasteiger partial charge >= 0.3 is 0 Å². The van der Waals surface area contributed by atoms with Crippen molar-refractivity contribution in [2.45, 2.75) is 31.3 Å². The molecule has 1 N–H and O–H groups in total.